The third-order valence-electron chi connectivity index (χ3n) is 8.27. The van der Waals surface area contributed by atoms with Crippen molar-refractivity contribution in [1.82, 2.24) is 35.4 Å². The number of benzene rings is 1. The number of pyridine rings is 1. The maximum atomic E-state index is 13.1. The smallest absolute Gasteiger partial charge is 0.293 e. The van der Waals surface area contributed by atoms with E-state index in [-0.39, 0.29) is 29.2 Å². The van der Waals surface area contributed by atoms with E-state index in [0.717, 1.165) is 64.1 Å². The molecule has 1 aromatic carbocycles. The second kappa shape index (κ2) is 10.7. The molecule has 10 heteroatoms. The predicted molar refractivity (Wildman–Crippen MR) is 163 cm³/mol. The molecule has 0 aliphatic heterocycles. The fraction of sp³-hybridized carbons (Fsp3) is 0.344. The van der Waals surface area contributed by atoms with Crippen molar-refractivity contribution in [1.29, 1.82) is 0 Å². The molecule has 0 saturated heterocycles. The van der Waals surface area contributed by atoms with Gasteiger partial charge in [0.15, 0.2) is 5.65 Å². The van der Waals surface area contributed by atoms with E-state index in [1.165, 1.54) is 0 Å². The lowest BCUT2D eigenvalue weighted by Gasteiger charge is -2.25. The molecule has 42 heavy (non-hydrogen) atoms. The first-order valence-corrected chi connectivity index (χ1v) is 14.4. The quantitative estimate of drug-likeness (QED) is 0.179. The van der Waals surface area contributed by atoms with Gasteiger partial charge < -0.3 is 19.8 Å². The highest BCUT2D eigenvalue weighted by molar-refractivity contribution is 5.92. The maximum Gasteiger partial charge on any atom is 0.293 e. The Kier molecular flexibility index (Phi) is 7.02. The number of amides is 1. The molecular weight excluding hydrogens is 528 g/mol. The van der Waals surface area contributed by atoms with Gasteiger partial charge in [-0.2, -0.15) is 4.98 Å². The fourth-order valence-corrected chi connectivity index (χ4v) is 5.33. The van der Waals surface area contributed by atoms with E-state index < -0.39 is 0 Å². The predicted octanol–water partition coefficient (Wildman–Crippen LogP) is 5.84. The first kappa shape index (κ1) is 27.6. The molecule has 3 aromatic heterocycles. The Morgan fingerprint density at radius 1 is 1.24 bits per heavy atom. The van der Waals surface area contributed by atoms with Gasteiger partial charge in [0.2, 0.25) is 5.89 Å². The summed E-state index contributed by atoms with van der Waals surface area (Å²) >= 11 is 0. The van der Waals surface area contributed by atoms with E-state index in [2.05, 4.69) is 65.3 Å². The van der Waals surface area contributed by atoms with Crippen LogP contribution in [-0.4, -0.2) is 42.1 Å². The Hall–Kier alpha value is -4.57. The topological polar surface area (TPSA) is 139 Å². The van der Waals surface area contributed by atoms with Crippen LogP contribution in [0.3, 0.4) is 0 Å². The second-order valence-electron chi connectivity index (χ2n) is 11.6. The minimum absolute atomic E-state index is 0.0537. The summed E-state index contributed by atoms with van der Waals surface area (Å²) in [4.78, 5) is 30.3. The lowest BCUT2D eigenvalue weighted by molar-refractivity contribution is 0.0930. The molecule has 4 N–H and O–H groups in total. The molecule has 0 spiro atoms. The van der Waals surface area contributed by atoms with Crippen molar-refractivity contribution < 1.29 is 9.32 Å². The molecule has 1 saturated carbocycles. The van der Waals surface area contributed by atoms with E-state index in [4.69, 9.17) is 15.3 Å². The second-order valence-corrected chi connectivity index (χ2v) is 11.6. The molecule has 0 radical (unpaired) electrons. The first-order chi connectivity index (χ1) is 20.2. The summed E-state index contributed by atoms with van der Waals surface area (Å²) in [6.07, 6.45) is 12.4. The molecule has 10 nitrogen and oxygen atoms in total. The van der Waals surface area contributed by atoms with Crippen LogP contribution in [0.15, 0.2) is 58.9 Å². The van der Waals surface area contributed by atoms with Gasteiger partial charge in [-0.3, -0.25) is 4.79 Å². The number of hydrazine groups is 1. The third kappa shape index (κ3) is 5.02. The van der Waals surface area contributed by atoms with Crippen LogP contribution < -0.4 is 11.2 Å². The zero-order chi connectivity index (χ0) is 29.6. The third-order valence-corrected chi connectivity index (χ3v) is 8.27. The largest absolute Gasteiger partial charge is 0.339 e. The van der Waals surface area contributed by atoms with Crippen molar-refractivity contribution in [2.24, 2.45) is 5.84 Å². The number of fused-ring (bicyclic) bond motifs is 2. The van der Waals surface area contributed by atoms with Gasteiger partial charge in [-0.1, -0.05) is 55.4 Å². The zero-order valence-corrected chi connectivity index (χ0v) is 24.6. The Bertz CT molecular complexity index is 1750. The van der Waals surface area contributed by atoms with E-state index in [9.17, 15) is 4.79 Å². The molecule has 1 fully saturated rings. The van der Waals surface area contributed by atoms with Crippen LogP contribution in [-0.2, 0) is 5.41 Å². The molecule has 0 unspecified atom stereocenters. The first-order valence-electron chi connectivity index (χ1n) is 14.4. The molecular formula is C32H36N8O2. The fourth-order valence-electron chi connectivity index (χ4n) is 5.33. The highest BCUT2D eigenvalue weighted by Crippen LogP contribution is 2.46. The van der Waals surface area contributed by atoms with Gasteiger partial charge in [0, 0.05) is 34.5 Å². The number of imidazole rings is 1. The van der Waals surface area contributed by atoms with Crippen LogP contribution in [0, 0.1) is 0 Å². The van der Waals surface area contributed by atoms with Gasteiger partial charge in [-0.15, -0.1) is 0 Å². The van der Waals surface area contributed by atoms with Crippen LogP contribution in [0.1, 0.15) is 93.4 Å². The van der Waals surface area contributed by atoms with Crippen LogP contribution in [0.5, 0.6) is 0 Å². The van der Waals surface area contributed by atoms with Crippen molar-refractivity contribution in [3.05, 3.63) is 83.1 Å². The lowest BCUT2D eigenvalue weighted by Crippen LogP contribution is -2.36. The van der Waals surface area contributed by atoms with Crippen LogP contribution in [0.25, 0.3) is 33.9 Å². The van der Waals surface area contributed by atoms with Gasteiger partial charge in [0.05, 0.1) is 11.6 Å². The zero-order valence-electron chi connectivity index (χ0n) is 24.6. The molecule has 2 aliphatic carbocycles. The summed E-state index contributed by atoms with van der Waals surface area (Å²) in [6.45, 7) is 10.3. The number of rotatable bonds is 8. The molecule has 3 heterocycles. The molecule has 6 rings (SSSR count). The minimum atomic E-state index is -0.370. The van der Waals surface area contributed by atoms with Crippen molar-refractivity contribution >= 4 is 28.7 Å². The number of H-pyrrole nitrogens is 1. The van der Waals surface area contributed by atoms with Crippen LogP contribution in [0.4, 0.5) is 0 Å². The Labute approximate surface area is 244 Å². The molecule has 4 aromatic rings. The van der Waals surface area contributed by atoms with E-state index in [1.54, 1.807) is 11.2 Å². The van der Waals surface area contributed by atoms with Crippen LogP contribution >= 0.6 is 0 Å². The SMILES string of the molecule is CC/C(=C(/C)N(N)C(C)C)c1nc2nccc(-c3ccc4c(c3)C=CC=C[C@@H]4NC(=O)c3noc(C4(C)CC4)n3)c2[nH]1. The molecule has 2 aliphatic rings. The van der Waals surface area contributed by atoms with Gasteiger partial charge in [0.1, 0.15) is 5.82 Å². The van der Waals surface area contributed by atoms with Crippen molar-refractivity contribution in [2.45, 2.75) is 71.4 Å². The number of nitrogens with zero attached hydrogens (tertiary/aromatic N) is 5. The number of aromatic amines is 1. The number of carbonyl (C=O) groups excluding carboxylic acids is 1. The standard InChI is InChI=1S/C32H36N8O2/c1-6-22(19(4)40(33)18(2)3)27-36-26-24(13-16-34-28(26)37-27)21-11-12-23-20(17-21)9-7-8-10-25(23)35-30(41)29-38-31(42-39-29)32(5)14-15-32/h7-13,16-18,25H,6,14-15,33H2,1-5H3,(H,35,41)(H,34,36,37)/b22-19+/t25-/m0/s1. The minimum Gasteiger partial charge on any atom is -0.339 e. The van der Waals surface area contributed by atoms with E-state index >= 15 is 0 Å². The van der Waals surface area contributed by atoms with Gasteiger partial charge in [-0.05, 0) is 68.9 Å². The molecule has 1 atom stereocenters. The Morgan fingerprint density at radius 3 is 2.79 bits per heavy atom. The Balaban J connectivity index is 1.31. The number of aromatic nitrogens is 5. The van der Waals surface area contributed by atoms with Gasteiger partial charge in [-0.25, -0.2) is 15.8 Å². The van der Waals surface area contributed by atoms with Crippen molar-refractivity contribution in [3.8, 4) is 11.1 Å². The van der Waals surface area contributed by atoms with Gasteiger partial charge in [0.25, 0.3) is 11.7 Å². The van der Waals surface area contributed by atoms with Crippen molar-refractivity contribution in [3.63, 3.8) is 0 Å². The Morgan fingerprint density at radius 2 is 2.05 bits per heavy atom. The van der Waals surface area contributed by atoms with E-state index in [1.807, 2.05) is 43.4 Å². The number of allylic oxidation sites excluding steroid dienone is 4. The summed E-state index contributed by atoms with van der Waals surface area (Å²) in [6, 6.07) is 8.02. The summed E-state index contributed by atoms with van der Waals surface area (Å²) in [7, 11) is 0. The number of carbonyl (C=O) groups is 1. The maximum absolute atomic E-state index is 13.1. The summed E-state index contributed by atoms with van der Waals surface area (Å²) in [5, 5.41) is 8.76. The number of hydrogen-bond acceptors (Lipinski definition) is 8. The number of nitrogens with two attached hydrogens (primary N) is 1. The molecule has 0 bridgehead atoms. The van der Waals surface area contributed by atoms with Gasteiger partial charge >= 0.3 is 0 Å². The summed E-state index contributed by atoms with van der Waals surface area (Å²) in [5.74, 6) is 7.31. The monoisotopic (exact) mass is 564 g/mol. The normalized spacial score (nSPS) is 17.6. The number of nitrogens with one attached hydrogen (secondary N) is 2. The van der Waals surface area contributed by atoms with E-state index in [0.29, 0.717) is 11.5 Å². The lowest BCUT2D eigenvalue weighted by atomic mass is 9.95. The van der Waals surface area contributed by atoms with Crippen molar-refractivity contribution in [2.75, 3.05) is 0 Å². The number of hydrogen-bond donors (Lipinski definition) is 3. The summed E-state index contributed by atoms with van der Waals surface area (Å²) < 4.78 is 5.38. The average Bonchev–Trinajstić information content (AvgIpc) is 3.38. The highest BCUT2D eigenvalue weighted by atomic mass is 16.5. The highest BCUT2D eigenvalue weighted by Gasteiger charge is 2.45. The summed E-state index contributed by atoms with van der Waals surface area (Å²) in [5.41, 5.74) is 7.38. The molecule has 1 amide bonds. The average molecular weight is 565 g/mol. The molecule has 216 valence electrons. The van der Waals surface area contributed by atoms with Crippen LogP contribution in [0.2, 0.25) is 0 Å².